The van der Waals surface area contributed by atoms with Crippen LogP contribution < -0.4 is 9.62 Å². The van der Waals surface area contributed by atoms with Gasteiger partial charge in [0.25, 0.3) is 5.91 Å². The van der Waals surface area contributed by atoms with Gasteiger partial charge in [0.15, 0.2) is 0 Å². The van der Waals surface area contributed by atoms with Gasteiger partial charge < -0.3 is 5.32 Å². The molecule has 2 aromatic rings. The number of aryl methyl sites for hydroxylation is 2. The number of benzene rings is 2. The first-order chi connectivity index (χ1) is 11.1. The number of hydrogen-bond acceptors (Lipinski definition) is 3. The van der Waals surface area contributed by atoms with Gasteiger partial charge in [0.1, 0.15) is 0 Å². The lowest BCUT2D eigenvalue weighted by Gasteiger charge is -2.18. The molecule has 0 unspecified atom stereocenters. The van der Waals surface area contributed by atoms with E-state index < -0.39 is 15.9 Å². The zero-order valence-corrected chi connectivity index (χ0v) is 15.5. The van der Waals surface area contributed by atoms with Crippen molar-refractivity contribution in [3.63, 3.8) is 0 Å². The van der Waals surface area contributed by atoms with E-state index in [2.05, 4.69) is 5.32 Å². The summed E-state index contributed by atoms with van der Waals surface area (Å²) < 4.78 is 24.4. The Hall–Kier alpha value is -2.05. The Balaban J connectivity index is 2.35. The van der Waals surface area contributed by atoms with Gasteiger partial charge in [0.2, 0.25) is 10.0 Å². The molecular weight excluding hydrogens is 348 g/mol. The average molecular weight is 367 g/mol. The molecule has 128 valence electrons. The van der Waals surface area contributed by atoms with Crippen LogP contribution >= 0.6 is 11.6 Å². The van der Waals surface area contributed by atoms with Crippen molar-refractivity contribution in [1.29, 1.82) is 0 Å². The van der Waals surface area contributed by atoms with Gasteiger partial charge in [0.05, 0.1) is 22.5 Å². The van der Waals surface area contributed by atoms with Crippen LogP contribution in [-0.2, 0) is 10.0 Å². The minimum atomic E-state index is -3.42. The fourth-order valence-electron chi connectivity index (χ4n) is 2.32. The number of carbonyl (C=O) groups is 1. The third kappa shape index (κ3) is 4.27. The summed E-state index contributed by atoms with van der Waals surface area (Å²) in [4.78, 5) is 12.5. The van der Waals surface area contributed by atoms with Crippen molar-refractivity contribution >= 4 is 38.9 Å². The van der Waals surface area contributed by atoms with Crippen molar-refractivity contribution in [1.82, 2.24) is 0 Å². The fourth-order valence-corrected chi connectivity index (χ4v) is 3.02. The van der Waals surface area contributed by atoms with Crippen LogP contribution in [0.15, 0.2) is 36.4 Å². The molecular formula is C17H19ClN2O3S. The van der Waals surface area contributed by atoms with Gasteiger partial charge in [-0.3, -0.25) is 9.10 Å². The predicted octanol–water partition coefficient (Wildman–Crippen LogP) is 3.60. The SMILES string of the molecule is Cc1cc(C)cc(NC(=O)c2cc(N(C)S(C)(=O)=O)ccc2Cl)c1. The number of amides is 1. The molecule has 0 radical (unpaired) electrons. The number of halogens is 1. The van der Waals surface area contributed by atoms with Crippen LogP contribution in [0.5, 0.6) is 0 Å². The Morgan fingerprint density at radius 2 is 1.67 bits per heavy atom. The van der Waals surface area contributed by atoms with Crippen LogP contribution in [0.25, 0.3) is 0 Å². The standard InChI is InChI=1S/C17H19ClN2O3S/c1-11-7-12(2)9-13(8-11)19-17(21)15-10-14(5-6-16(15)18)20(3)24(4,22)23/h5-10H,1-4H3,(H,19,21). The lowest BCUT2D eigenvalue weighted by Crippen LogP contribution is -2.25. The maximum Gasteiger partial charge on any atom is 0.257 e. The Morgan fingerprint density at radius 3 is 2.21 bits per heavy atom. The summed E-state index contributed by atoms with van der Waals surface area (Å²) in [6.07, 6.45) is 1.09. The molecule has 7 heteroatoms. The molecule has 0 aliphatic rings. The molecule has 0 bridgehead atoms. The third-order valence-corrected chi connectivity index (χ3v) is 5.07. The first kappa shape index (κ1) is 18.3. The summed E-state index contributed by atoms with van der Waals surface area (Å²) in [7, 11) is -2.00. The largest absolute Gasteiger partial charge is 0.322 e. The summed E-state index contributed by atoms with van der Waals surface area (Å²) >= 11 is 6.11. The van der Waals surface area contributed by atoms with Gasteiger partial charge in [-0.15, -0.1) is 0 Å². The molecule has 1 N–H and O–H groups in total. The number of nitrogens with zero attached hydrogens (tertiary/aromatic N) is 1. The zero-order valence-electron chi connectivity index (χ0n) is 13.9. The van der Waals surface area contributed by atoms with Gasteiger partial charge in [-0.1, -0.05) is 17.7 Å². The van der Waals surface area contributed by atoms with Crippen LogP contribution in [0.4, 0.5) is 11.4 Å². The van der Waals surface area contributed by atoms with Crippen molar-refractivity contribution in [2.75, 3.05) is 22.9 Å². The molecule has 0 heterocycles. The Bertz CT molecular complexity index is 874. The average Bonchev–Trinajstić information content (AvgIpc) is 2.44. The number of rotatable bonds is 4. The van der Waals surface area contributed by atoms with Gasteiger partial charge in [-0.25, -0.2) is 8.42 Å². The van der Waals surface area contributed by atoms with Crippen LogP contribution in [0.3, 0.4) is 0 Å². The van der Waals surface area contributed by atoms with Crippen molar-refractivity contribution in [2.45, 2.75) is 13.8 Å². The van der Waals surface area contributed by atoms with Gasteiger partial charge in [-0.2, -0.15) is 0 Å². The Morgan fingerprint density at radius 1 is 1.08 bits per heavy atom. The Kier molecular flexibility index (Phi) is 5.20. The predicted molar refractivity (Wildman–Crippen MR) is 98.6 cm³/mol. The van der Waals surface area contributed by atoms with Crippen molar-refractivity contribution < 1.29 is 13.2 Å². The quantitative estimate of drug-likeness (QED) is 0.898. The number of sulfonamides is 1. The van der Waals surface area contributed by atoms with E-state index in [0.29, 0.717) is 11.4 Å². The summed E-state index contributed by atoms with van der Waals surface area (Å²) in [6, 6.07) is 10.2. The van der Waals surface area contributed by atoms with Crippen LogP contribution in [-0.4, -0.2) is 27.6 Å². The van der Waals surface area contributed by atoms with Gasteiger partial charge >= 0.3 is 0 Å². The molecule has 24 heavy (non-hydrogen) atoms. The van der Waals surface area contributed by atoms with Crippen LogP contribution in [0, 0.1) is 13.8 Å². The molecule has 0 aromatic heterocycles. The molecule has 0 saturated carbocycles. The van der Waals surface area contributed by atoms with E-state index in [1.807, 2.05) is 32.0 Å². The molecule has 0 atom stereocenters. The lowest BCUT2D eigenvalue weighted by molar-refractivity contribution is 0.102. The highest BCUT2D eigenvalue weighted by molar-refractivity contribution is 7.92. The molecule has 2 aromatic carbocycles. The van der Waals surface area contributed by atoms with Crippen molar-refractivity contribution in [3.05, 3.63) is 58.1 Å². The first-order valence-corrected chi connectivity index (χ1v) is 9.43. The second-order valence-electron chi connectivity index (χ2n) is 5.73. The van der Waals surface area contributed by atoms with E-state index in [0.717, 1.165) is 21.7 Å². The molecule has 0 fully saturated rings. The number of anilines is 2. The van der Waals surface area contributed by atoms with E-state index in [4.69, 9.17) is 11.6 Å². The number of carbonyl (C=O) groups excluding carboxylic acids is 1. The second kappa shape index (κ2) is 6.83. The van der Waals surface area contributed by atoms with E-state index in [1.54, 1.807) is 6.07 Å². The van der Waals surface area contributed by atoms with E-state index in [-0.39, 0.29) is 10.6 Å². The monoisotopic (exact) mass is 366 g/mol. The van der Waals surface area contributed by atoms with E-state index in [1.165, 1.54) is 19.2 Å². The molecule has 2 rings (SSSR count). The second-order valence-corrected chi connectivity index (χ2v) is 8.15. The van der Waals surface area contributed by atoms with E-state index >= 15 is 0 Å². The van der Waals surface area contributed by atoms with E-state index in [9.17, 15) is 13.2 Å². The van der Waals surface area contributed by atoms with Crippen molar-refractivity contribution in [3.8, 4) is 0 Å². The number of nitrogens with one attached hydrogen (secondary N) is 1. The molecule has 0 saturated heterocycles. The van der Waals surface area contributed by atoms with Crippen LogP contribution in [0.1, 0.15) is 21.5 Å². The third-order valence-electron chi connectivity index (χ3n) is 3.54. The summed E-state index contributed by atoms with van der Waals surface area (Å²) in [6.45, 7) is 3.88. The van der Waals surface area contributed by atoms with Crippen molar-refractivity contribution in [2.24, 2.45) is 0 Å². The molecule has 0 aliphatic carbocycles. The highest BCUT2D eigenvalue weighted by Gasteiger charge is 2.17. The highest BCUT2D eigenvalue weighted by Crippen LogP contribution is 2.25. The topological polar surface area (TPSA) is 66.5 Å². The fraction of sp³-hybridized carbons (Fsp3) is 0.235. The minimum absolute atomic E-state index is 0.212. The summed E-state index contributed by atoms with van der Waals surface area (Å²) in [5.74, 6) is -0.395. The maximum atomic E-state index is 12.5. The zero-order chi connectivity index (χ0) is 18.1. The lowest BCUT2D eigenvalue weighted by atomic mass is 10.1. The summed E-state index contributed by atoms with van der Waals surface area (Å²) in [5, 5.41) is 3.05. The summed E-state index contributed by atoms with van der Waals surface area (Å²) in [5.41, 5.74) is 3.30. The molecule has 0 spiro atoms. The van der Waals surface area contributed by atoms with Gasteiger partial charge in [-0.05, 0) is 55.3 Å². The smallest absolute Gasteiger partial charge is 0.257 e. The molecule has 1 amide bonds. The normalized spacial score (nSPS) is 11.2. The minimum Gasteiger partial charge on any atom is -0.322 e. The molecule has 0 aliphatic heterocycles. The highest BCUT2D eigenvalue weighted by atomic mass is 35.5. The molecule has 5 nitrogen and oxygen atoms in total. The number of hydrogen-bond donors (Lipinski definition) is 1. The Labute approximate surface area is 147 Å². The van der Waals surface area contributed by atoms with Gasteiger partial charge in [0, 0.05) is 12.7 Å². The first-order valence-electron chi connectivity index (χ1n) is 7.21. The van der Waals surface area contributed by atoms with Crippen LogP contribution in [0.2, 0.25) is 5.02 Å². The maximum absolute atomic E-state index is 12.5.